The number of hydrogen-bond acceptors (Lipinski definition) is 6. The Morgan fingerprint density at radius 2 is 1.46 bits per heavy atom. The molecule has 2 atom stereocenters. The van der Waals surface area contributed by atoms with E-state index in [4.69, 9.17) is 9.47 Å². The van der Waals surface area contributed by atoms with Crippen LogP contribution in [-0.2, 0) is 14.2 Å². The van der Waals surface area contributed by atoms with Crippen LogP contribution in [0.25, 0.3) is 0 Å². The van der Waals surface area contributed by atoms with Crippen LogP contribution < -0.4 is 16.4 Å². The highest BCUT2D eigenvalue weighted by Crippen LogP contribution is 2.45. The minimum atomic E-state index is -0.711. The van der Waals surface area contributed by atoms with Crippen LogP contribution in [0.1, 0.15) is 60.8 Å². The molecular formula is C19H37N3O6. The lowest BCUT2D eigenvalue weighted by molar-refractivity contribution is 0.0633. The van der Waals surface area contributed by atoms with Crippen molar-refractivity contribution in [2.45, 2.75) is 66.8 Å². The first-order valence-corrected chi connectivity index (χ1v) is 9.73. The van der Waals surface area contributed by atoms with Crippen LogP contribution >= 0.6 is 0 Å². The van der Waals surface area contributed by atoms with Gasteiger partial charge in [0.2, 0.25) is 0 Å². The van der Waals surface area contributed by atoms with E-state index in [-0.39, 0.29) is 29.1 Å². The van der Waals surface area contributed by atoms with Crippen molar-refractivity contribution in [1.29, 1.82) is 0 Å². The summed E-state index contributed by atoms with van der Waals surface area (Å²) in [5.74, 6) is 0. The highest BCUT2D eigenvalue weighted by atomic mass is 16.6. The number of nitrogens with two attached hydrogens (primary N) is 1. The number of nitrogens with one attached hydrogen (secondary N) is 2. The molecule has 3 amide bonds. The maximum Gasteiger partial charge on any atom is 0.407 e. The number of carbonyl (C=O) groups excluding carboxylic acids is 3. The van der Waals surface area contributed by atoms with Crippen LogP contribution in [-0.4, -0.2) is 50.7 Å². The molecule has 9 heteroatoms. The molecule has 0 radical (unpaired) electrons. The molecule has 0 spiro atoms. The number of alkyl carbamates (subject to hydrolysis) is 2. The van der Waals surface area contributed by atoms with E-state index >= 15 is 0 Å². The van der Waals surface area contributed by atoms with Crippen LogP contribution in [0.3, 0.4) is 0 Å². The molecular weight excluding hydrogens is 366 g/mol. The smallest absolute Gasteiger partial charge is 0.407 e. The average Bonchev–Trinajstić information content (AvgIpc) is 2.52. The number of rotatable bonds is 6. The molecule has 0 heterocycles. The maximum atomic E-state index is 11.7. The third-order valence-corrected chi connectivity index (χ3v) is 4.26. The van der Waals surface area contributed by atoms with Crippen LogP contribution in [0.4, 0.5) is 14.4 Å². The molecule has 0 saturated heterocycles. The zero-order valence-corrected chi connectivity index (χ0v) is 18.1. The van der Waals surface area contributed by atoms with Crippen molar-refractivity contribution in [3.63, 3.8) is 0 Å². The minimum absolute atomic E-state index is 0.0526. The first-order valence-electron chi connectivity index (χ1n) is 9.73. The van der Waals surface area contributed by atoms with Crippen LogP contribution in [0.2, 0.25) is 0 Å². The van der Waals surface area contributed by atoms with Crippen molar-refractivity contribution >= 4 is 18.3 Å². The van der Waals surface area contributed by atoms with Crippen molar-refractivity contribution in [3.8, 4) is 0 Å². The number of hydrogen-bond donors (Lipinski definition) is 3. The first-order chi connectivity index (χ1) is 13.0. The van der Waals surface area contributed by atoms with E-state index in [0.29, 0.717) is 26.4 Å². The van der Waals surface area contributed by atoms with Crippen molar-refractivity contribution < 1.29 is 28.6 Å². The van der Waals surface area contributed by atoms with Crippen LogP contribution in [0.5, 0.6) is 0 Å². The topological polar surface area (TPSA) is 129 Å². The van der Waals surface area contributed by atoms with Gasteiger partial charge in [0, 0.05) is 12.6 Å². The normalized spacial score (nSPS) is 22.7. The molecule has 0 aromatic heterocycles. The van der Waals surface area contributed by atoms with Gasteiger partial charge in [0.25, 0.3) is 0 Å². The summed E-state index contributed by atoms with van der Waals surface area (Å²) in [6.45, 7) is 13.4. The highest BCUT2D eigenvalue weighted by molar-refractivity contribution is 5.68. The summed E-state index contributed by atoms with van der Waals surface area (Å²) in [5, 5.41) is 5.76. The molecule has 28 heavy (non-hydrogen) atoms. The second kappa shape index (κ2) is 12.3. The third kappa shape index (κ3) is 11.5. The molecule has 1 aliphatic carbocycles. The molecule has 1 fully saturated rings. The van der Waals surface area contributed by atoms with Crippen molar-refractivity contribution in [2.24, 2.45) is 16.6 Å². The predicted octanol–water partition coefficient (Wildman–Crippen LogP) is 3.17. The average molecular weight is 404 g/mol. The summed E-state index contributed by atoms with van der Waals surface area (Å²) in [6, 6.07) is 0.0526. The van der Waals surface area contributed by atoms with E-state index in [1.54, 1.807) is 20.8 Å². The fourth-order valence-corrected chi connectivity index (χ4v) is 3.82. The summed E-state index contributed by atoms with van der Waals surface area (Å²) in [6.07, 6.45) is 1.22. The van der Waals surface area contributed by atoms with Gasteiger partial charge in [-0.15, -0.1) is 0 Å². The van der Waals surface area contributed by atoms with Crippen molar-refractivity contribution in [2.75, 3.05) is 26.4 Å². The fourth-order valence-electron chi connectivity index (χ4n) is 3.82. The highest BCUT2D eigenvalue weighted by Gasteiger charge is 2.42. The SMILES string of the molecule is CCOC(=O)NCC1(C)CC(NC(=O)OCC)CC(C)(C)C1.CCOC(N)=O. The quantitative estimate of drug-likeness (QED) is 0.584. The summed E-state index contributed by atoms with van der Waals surface area (Å²) in [5.41, 5.74) is 4.55. The van der Waals surface area contributed by atoms with Gasteiger partial charge in [-0.1, -0.05) is 20.8 Å². The van der Waals surface area contributed by atoms with E-state index in [9.17, 15) is 14.4 Å². The van der Waals surface area contributed by atoms with E-state index in [2.05, 4.69) is 41.9 Å². The van der Waals surface area contributed by atoms with E-state index < -0.39 is 6.09 Å². The molecule has 2 unspecified atom stereocenters. The summed E-state index contributed by atoms with van der Waals surface area (Å²) >= 11 is 0. The monoisotopic (exact) mass is 403 g/mol. The Labute approximate surface area is 168 Å². The lowest BCUT2D eigenvalue weighted by atomic mass is 9.62. The molecule has 0 bridgehead atoms. The third-order valence-electron chi connectivity index (χ3n) is 4.26. The molecule has 0 aromatic rings. The molecule has 0 aromatic carbocycles. The Balaban J connectivity index is 0.00000105. The van der Waals surface area contributed by atoms with Gasteiger partial charge < -0.3 is 30.6 Å². The Morgan fingerprint density at radius 1 is 0.929 bits per heavy atom. The van der Waals surface area contributed by atoms with E-state index in [0.717, 1.165) is 19.3 Å². The Hall–Kier alpha value is -2.19. The zero-order chi connectivity index (χ0) is 21.8. The molecule has 164 valence electrons. The summed E-state index contributed by atoms with van der Waals surface area (Å²) in [7, 11) is 0. The summed E-state index contributed by atoms with van der Waals surface area (Å²) in [4.78, 5) is 32.8. The second-order valence-corrected chi connectivity index (χ2v) is 7.95. The molecule has 9 nitrogen and oxygen atoms in total. The lowest BCUT2D eigenvalue weighted by Gasteiger charge is -2.46. The Bertz CT molecular complexity index is 512. The van der Waals surface area contributed by atoms with Gasteiger partial charge in [-0.2, -0.15) is 0 Å². The molecule has 1 saturated carbocycles. The fraction of sp³-hybridized carbons (Fsp3) is 0.842. The van der Waals surface area contributed by atoms with Gasteiger partial charge in [-0.25, -0.2) is 14.4 Å². The van der Waals surface area contributed by atoms with Gasteiger partial charge in [-0.3, -0.25) is 0 Å². The number of primary amides is 1. The Kier molecular flexibility index (Phi) is 11.3. The molecule has 4 N–H and O–H groups in total. The van der Waals surface area contributed by atoms with Gasteiger partial charge in [0.1, 0.15) is 0 Å². The maximum absolute atomic E-state index is 11.7. The van der Waals surface area contributed by atoms with E-state index in [1.165, 1.54) is 0 Å². The van der Waals surface area contributed by atoms with Crippen molar-refractivity contribution in [3.05, 3.63) is 0 Å². The number of ether oxygens (including phenoxy) is 3. The van der Waals surface area contributed by atoms with E-state index in [1.807, 2.05) is 0 Å². The lowest BCUT2D eigenvalue weighted by Crippen LogP contribution is -2.50. The van der Waals surface area contributed by atoms with Gasteiger partial charge in [0.15, 0.2) is 0 Å². The van der Waals surface area contributed by atoms with Gasteiger partial charge >= 0.3 is 18.3 Å². The first kappa shape index (κ1) is 25.8. The predicted molar refractivity (Wildman–Crippen MR) is 106 cm³/mol. The Morgan fingerprint density at radius 3 is 1.93 bits per heavy atom. The standard InChI is InChI=1S/C16H30N2O4.C3H7NO2/c1-6-21-13(19)17-11-16(5)9-12(8-15(3,4)10-16)18-14(20)22-7-2;1-2-6-3(4)5/h12H,6-11H2,1-5H3,(H,17,19)(H,18,20);2H2,1H3,(H2,4,5). The van der Waals surface area contributed by atoms with Crippen molar-refractivity contribution in [1.82, 2.24) is 10.6 Å². The number of carbonyl (C=O) groups is 3. The van der Waals surface area contributed by atoms with Gasteiger partial charge in [-0.05, 0) is 50.9 Å². The summed E-state index contributed by atoms with van der Waals surface area (Å²) < 4.78 is 14.1. The molecule has 1 aliphatic rings. The largest absolute Gasteiger partial charge is 0.450 e. The van der Waals surface area contributed by atoms with Gasteiger partial charge in [0.05, 0.1) is 19.8 Å². The minimum Gasteiger partial charge on any atom is -0.450 e. The van der Waals surface area contributed by atoms with Crippen LogP contribution in [0, 0.1) is 10.8 Å². The molecule has 0 aliphatic heterocycles. The number of amides is 3. The van der Waals surface area contributed by atoms with Crippen LogP contribution in [0.15, 0.2) is 0 Å². The second-order valence-electron chi connectivity index (χ2n) is 7.95. The molecule has 1 rings (SSSR count). The zero-order valence-electron chi connectivity index (χ0n) is 18.1.